The molecular formula is C17H32IN3O3. The Morgan fingerprint density at radius 1 is 1.29 bits per heavy atom. The molecule has 1 atom stereocenters. The van der Waals surface area contributed by atoms with E-state index in [1.54, 1.807) is 0 Å². The van der Waals surface area contributed by atoms with Crippen LogP contribution in [0.1, 0.15) is 44.9 Å². The number of unbranched alkanes of at least 4 members (excludes halogenated alkanes) is 3. The molecule has 1 N–H and O–H groups in total. The maximum atomic E-state index is 11.0. The molecule has 2 saturated heterocycles. The van der Waals surface area contributed by atoms with Crippen molar-refractivity contribution in [2.24, 2.45) is 10.4 Å². The minimum atomic E-state index is -0.109. The summed E-state index contributed by atoms with van der Waals surface area (Å²) in [7, 11) is 3.30. The number of halogens is 1. The van der Waals surface area contributed by atoms with Crippen LogP contribution in [0.3, 0.4) is 0 Å². The molecule has 24 heavy (non-hydrogen) atoms. The van der Waals surface area contributed by atoms with Gasteiger partial charge in [0.25, 0.3) is 0 Å². The molecule has 1 spiro atoms. The average Bonchev–Trinajstić information content (AvgIpc) is 3.20. The number of aliphatic imine (C=N–C) groups is 1. The third kappa shape index (κ3) is 6.38. The van der Waals surface area contributed by atoms with Crippen LogP contribution in [0.15, 0.2) is 4.99 Å². The van der Waals surface area contributed by atoms with Crippen LogP contribution in [0.5, 0.6) is 0 Å². The van der Waals surface area contributed by atoms with Gasteiger partial charge in [-0.15, -0.1) is 24.0 Å². The predicted molar refractivity (Wildman–Crippen MR) is 106 cm³/mol. The zero-order valence-electron chi connectivity index (χ0n) is 15.0. The third-order valence-corrected chi connectivity index (χ3v) is 4.95. The number of rotatable bonds is 7. The lowest BCUT2D eigenvalue weighted by Crippen LogP contribution is -2.41. The second-order valence-electron chi connectivity index (χ2n) is 6.69. The third-order valence-electron chi connectivity index (χ3n) is 4.95. The van der Waals surface area contributed by atoms with E-state index in [2.05, 4.69) is 19.9 Å². The van der Waals surface area contributed by atoms with Crippen LogP contribution in [0.2, 0.25) is 0 Å². The summed E-state index contributed by atoms with van der Waals surface area (Å²) >= 11 is 0. The highest BCUT2D eigenvalue weighted by molar-refractivity contribution is 14.0. The fourth-order valence-corrected chi connectivity index (χ4v) is 3.47. The van der Waals surface area contributed by atoms with Crippen molar-refractivity contribution in [1.82, 2.24) is 10.2 Å². The molecule has 140 valence electrons. The van der Waals surface area contributed by atoms with Crippen LogP contribution in [0.4, 0.5) is 0 Å². The van der Waals surface area contributed by atoms with Gasteiger partial charge in [0, 0.05) is 45.1 Å². The number of hydrogen-bond acceptors (Lipinski definition) is 4. The molecule has 2 fully saturated rings. The van der Waals surface area contributed by atoms with Gasteiger partial charge in [-0.25, -0.2) is 0 Å². The van der Waals surface area contributed by atoms with E-state index in [1.165, 1.54) is 20.0 Å². The Morgan fingerprint density at radius 2 is 2.08 bits per heavy atom. The van der Waals surface area contributed by atoms with E-state index < -0.39 is 0 Å². The number of carbonyl (C=O) groups excluding carboxylic acids is 1. The first kappa shape index (κ1) is 21.5. The van der Waals surface area contributed by atoms with E-state index in [4.69, 9.17) is 4.74 Å². The number of nitrogens with one attached hydrogen (secondary N) is 1. The Hall–Kier alpha value is -0.570. The number of carbonyl (C=O) groups is 1. The fourth-order valence-electron chi connectivity index (χ4n) is 3.47. The van der Waals surface area contributed by atoms with E-state index in [0.29, 0.717) is 11.8 Å². The number of hydrogen-bond donors (Lipinski definition) is 1. The number of nitrogens with zero attached hydrogens (tertiary/aromatic N) is 2. The summed E-state index contributed by atoms with van der Waals surface area (Å²) in [6, 6.07) is 0. The zero-order valence-corrected chi connectivity index (χ0v) is 17.3. The Balaban J connectivity index is 0.00000288. The Kier molecular flexibility index (Phi) is 9.95. The molecule has 0 saturated carbocycles. The summed E-state index contributed by atoms with van der Waals surface area (Å²) in [5, 5.41) is 3.47. The largest absolute Gasteiger partial charge is 0.469 e. The van der Waals surface area contributed by atoms with Crippen LogP contribution in [0.25, 0.3) is 0 Å². The molecule has 0 aromatic heterocycles. The van der Waals surface area contributed by atoms with Crippen molar-refractivity contribution >= 4 is 35.9 Å². The summed E-state index contributed by atoms with van der Waals surface area (Å²) in [5.74, 6) is 0.908. The summed E-state index contributed by atoms with van der Waals surface area (Å²) in [6.07, 6.45) is 7.13. The Bertz CT molecular complexity index is 412. The van der Waals surface area contributed by atoms with Gasteiger partial charge in [-0.2, -0.15) is 0 Å². The smallest absolute Gasteiger partial charge is 0.305 e. The quantitative estimate of drug-likeness (QED) is 0.211. The van der Waals surface area contributed by atoms with E-state index >= 15 is 0 Å². The SMILES string of the molecule is CN=C(NCCCCCCC(=O)OC)N1CCC2(CCOC2)C1.I. The molecule has 0 aliphatic carbocycles. The first-order valence-corrected chi connectivity index (χ1v) is 8.79. The molecule has 0 amide bonds. The van der Waals surface area contributed by atoms with Crippen LogP contribution < -0.4 is 5.32 Å². The second-order valence-corrected chi connectivity index (χ2v) is 6.69. The van der Waals surface area contributed by atoms with Crippen molar-refractivity contribution in [1.29, 1.82) is 0 Å². The number of esters is 1. The second kappa shape index (κ2) is 11.1. The van der Waals surface area contributed by atoms with Crippen molar-refractivity contribution in [3.8, 4) is 0 Å². The van der Waals surface area contributed by atoms with Crippen LogP contribution >= 0.6 is 24.0 Å². The normalized spacial score (nSPS) is 23.4. The molecule has 2 aliphatic rings. The van der Waals surface area contributed by atoms with Crippen LogP contribution in [-0.4, -0.2) is 63.8 Å². The molecule has 0 aromatic carbocycles. The van der Waals surface area contributed by atoms with Gasteiger partial charge in [-0.05, 0) is 25.7 Å². The lowest BCUT2D eigenvalue weighted by molar-refractivity contribution is -0.140. The van der Waals surface area contributed by atoms with E-state index in [1.807, 2.05) is 7.05 Å². The fraction of sp³-hybridized carbons (Fsp3) is 0.882. The number of likely N-dealkylation sites (tertiary alicyclic amines) is 1. The molecule has 0 bridgehead atoms. The van der Waals surface area contributed by atoms with Crippen molar-refractivity contribution in [3.05, 3.63) is 0 Å². The summed E-state index contributed by atoms with van der Waals surface area (Å²) < 4.78 is 10.2. The van der Waals surface area contributed by atoms with Crippen molar-refractivity contribution in [2.45, 2.75) is 44.9 Å². The Labute approximate surface area is 162 Å². The molecule has 7 heteroatoms. The molecule has 2 rings (SSSR count). The van der Waals surface area contributed by atoms with Gasteiger partial charge in [0.2, 0.25) is 0 Å². The topological polar surface area (TPSA) is 63.2 Å². The van der Waals surface area contributed by atoms with Gasteiger partial charge in [-0.3, -0.25) is 9.79 Å². The van der Waals surface area contributed by atoms with Crippen molar-refractivity contribution in [3.63, 3.8) is 0 Å². The van der Waals surface area contributed by atoms with Gasteiger partial charge in [0.1, 0.15) is 0 Å². The molecule has 0 aromatic rings. The standard InChI is InChI=1S/C17H31N3O3.HI/c1-18-16(19-10-6-4-3-5-7-15(21)22-2)20-11-8-17(13-20)9-12-23-14-17;/h3-14H2,1-2H3,(H,18,19);1H. The maximum Gasteiger partial charge on any atom is 0.305 e. The van der Waals surface area contributed by atoms with E-state index in [9.17, 15) is 4.79 Å². The number of ether oxygens (including phenoxy) is 2. The molecule has 1 unspecified atom stereocenters. The first-order valence-electron chi connectivity index (χ1n) is 8.79. The highest BCUT2D eigenvalue weighted by atomic mass is 127. The lowest BCUT2D eigenvalue weighted by Gasteiger charge is -2.24. The summed E-state index contributed by atoms with van der Waals surface area (Å²) in [4.78, 5) is 17.8. The monoisotopic (exact) mass is 453 g/mol. The highest BCUT2D eigenvalue weighted by Crippen LogP contribution is 2.38. The van der Waals surface area contributed by atoms with Crippen molar-refractivity contribution in [2.75, 3.05) is 47.0 Å². The molecule has 2 aliphatic heterocycles. The Morgan fingerprint density at radius 3 is 2.75 bits per heavy atom. The van der Waals surface area contributed by atoms with E-state index in [-0.39, 0.29) is 29.9 Å². The maximum absolute atomic E-state index is 11.0. The van der Waals surface area contributed by atoms with Crippen LogP contribution in [-0.2, 0) is 14.3 Å². The van der Waals surface area contributed by atoms with Gasteiger partial charge < -0.3 is 19.7 Å². The van der Waals surface area contributed by atoms with Gasteiger partial charge in [0.15, 0.2) is 5.96 Å². The van der Waals surface area contributed by atoms with Gasteiger partial charge in [0.05, 0.1) is 13.7 Å². The van der Waals surface area contributed by atoms with Crippen LogP contribution in [0, 0.1) is 5.41 Å². The number of methoxy groups -OCH3 is 1. The van der Waals surface area contributed by atoms with Crippen molar-refractivity contribution < 1.29 is 14.3 Å². The van der Waals surface area contributed by atoms with E-state index in [0.717, 1.165) is 64.5 Å². The molecule has 0 radical (unpaired) electrons. The lowest BCUT2D eigenvalue weighted by atomic mass is 9.87. The zero-order chi connectivity index (χ0) is 16.5. The van der Waals surface area contributed by atoms with Gasteiger partial charge >= 0.3 is 5.97 Å². The average molecular weight is 453 g/mol. The highest BCUT2D eigenvalue weighted by Gasteiger charge is 2.42. The minimum Gasteiger partial charge on any atom is -0.469 e. The summed E-state index contributed by atoms with van der Waals surface area (Å²) in [5.41, 5.74) is 0.367. The molecule has 6 nitrogen and oxygen atoms in total. The van der Waals surface area contributed by atoms with Gasteiger partial charge in [-0.1, -0.05) is 12.8 Å². The molecular weight excluding hydrogens is 421 g/mol. The predicted octanol–water partition coefficient (Wildman–Crippen LogP) is 2.42. The summed E-state index contributed by atoms with van der Waals surface area (Å²) in [6.45, 7) is 4.88. The minimum absolute atomic E-state index is 0. The number of guanidine groups is 1. The molecule has 2 heterocycles. The first-order chi connectivity index (χ1) is 11.2.